The Kier molecular flexibility index (Phi) is 7.74. The highest BCUT2D eigenvalue weighted by molar-refractivity contribution is 8.02. The predicted molar refractivity (Wildman–Crippen MR) is 139 cm³/mol. The molecule has 0 saturated carbocycles. The van der Waals surface area contributed by atoms with E-state index in [1.165, 1.54) is 0 Å². The lowest BCUT2D eigenvalue weighted by atomic mass is 9.70. The van der Waals surface area contributed by atoms with Gasteiger partial charge in [0.05, 0.1) is 39.9 Å². The summed E-state index contributed by atoms with van der Waals surface area (Å²) in [5.74, 6) is -1.41. The number of fused-ring (bicyclic) bond motifs is 1. The number of carbonyl (C=O) groups excluding carboxylic acids is 3. The van der Waals surface area contributed by atoms with Crippen molar-refractivity contribution in [1.82, 2.24) is 10.2 Å². The topological polar surface area (TPSA) is 98.7 Å². The maximum absolute atomic E-state index is 14.1. The lowest BCUT2D eigenvalue weighted by Gasteiger charge is -2.37. The van der Waals surface area contributed by atoms with Crippen LogP contribution in [0, 0.1) is 24.7 Å². The Bertz CT molecular complexity index is 985. The number of likely N-dealkylation sites (tertiary alicyclic amines) is 1. The minimum Gasteiger partial charge on any atom is -0.394 e. The average Bonchev–Trinajstić information content (AvgIpc) is 3.45. The van der Waals surface area contributed by atoms with Crippen molar-refractivity contribution in [2.24, 2.45) is 17.8 Å². The second kappa shape index (κ2) is 10.3. The lowest BCUT2D eigenvalue weighted by molar-refractivity contribution is -0.142. The van der Waals surface area contributed by atoms with Gasteiger partial charge in [-0.05, 0) is 50.2 Å². The fraction of sp³-hybridized carbons (Fsp3) is 0.654. The zero-order valence-electron chi connectivity index (χ0n) is 20.8. The van der Waals surface area contributed by atoms with E-state index in [1.807, 2.05) is 39.8 Å². The van der Waals surface area contributed by atoms with Crippen LogP contribution in [0.5, 0.6) is 0 Å². The molecule has 3 heterocycles. The Morgan fingerprint density at radius 2 is 2.06 bits per heavy atom. The number of halogens is 1. The van der Waals surface area contributed by atoms with Gasteiger partial charge in [0.1, 0.15) is 6.04 Å². The number of thioether (sulfide) groups is 1. The van der Waals surface area contributed by atoms with Crippen molar-refractivity contribution in [1.29, 1.82) is 0 Å². The van der Waals surface area contributed by atoms with Gasteiger partial charge in [0.2, 0.25) is 17.7 Å². The van der Waals surface area contributed by atoms with Crippen molar-refractivity contribution in [2.45, 2.75) is 75.5 Å². The van der Waals surface area contributed by atoms with Crippen LogP contribution in [0.2, 0.25) is 5.02 Å². The first-order valence-corrected chi connectivity index (χ1v) is 13.9. The van der Waals surface area contributed by atoms with E-state index in [9.17, 15) is 19.5 Å². The summed E-state index contributed by atoms with van der Waals surface area (Å²) >= 11 is 8.04. The quantitative estimate of drug-likeness (QED) is 0.461. The number of anilines is 1. The van der Waals surface area contributed by atoms with Crippen molar-refractivity contribution in [3.05, 3.63) is 28.8 Å². The lowest BCUT2D eigenvalue weighted by Crippen LogP contribution is -2.55. The summed E-state index contributed by atoms with van der Waals surface area (Å²) in [5, 5.41) is 16.8. The summed E-state index contributed by atoms with van der Waals surface area (Å²) in [6.07, 6.45) is 2.86. The van der Waals surface area contributed by atoms with Crippen molar-refractivity contribution in [2.75, 3.05) is 18.5 Å². The molecule has 2 bridgehead atoms. The van der Waals surface area contributed by atoms with Crippen molar-refractivity contribution >= 4 is 46.8 Å². The van der Waals surface area contributed by atoms with E-state index in [0.717, 1.165) is 18.4 Å². The van der Waals surface area contributed by atoms with Gasteiger partial charge in [-0.25, -0.2) is 0 Å². The van der Waals surface area contributed by atoms with E-state index in [2.05, 4.69) is 10.6 Å². The number of carbonyl (C=O) groups is 3. The number of aliphatic hydroxyl groups is 1. The van der Waals surface area contributed by atoms with Crippen LogP contribution in [0.3, 0.4) is 0 Å². The molecule has 3 aliphatic heterocycles. The van der Waals surface area contributed by atoms with Crippen LogP contribution in [0.1, 0.15) is 52.0 Å². The SMILES string of the molecule is CCCNC(=O)[C@@H]1[C@@H]2CCC3(S2)C(C(=O)Nc2c(C)cccc2Cl)N([C@@H](CO)CC(C)C)C(=O)[C@H]13. The Balaban J connectivity index is 1.75. The number of hydrogen-bond donors (Lipinski definition) is 3. The van der Waals surface area contributed by atoms with Gasteiger partial charge in [0, 0.05) is 11.8 Å². The van der Waals surface area contributed by atoms with Crippen LogP contribution in [0.15, 0.2) is 18.2 Å². The minimum atomic E-state index is -0.787. The highest BCUT2D eigenvalue weighted by atomic mass is 35.5. The molecule has 192 valence electrons. The molecule has 1 spiro atoms. The Hall–Kier alpha value is -1.77. The molecule has 6 atom stereocenters. The van der Waals surface area contributed by atoms with E-state index >= 15 is 0 Å². The molecule has 3 saturated heterocycles. The molecule has 3 amide bonds. The van der Waals surface area contributed by atoms with E-state index in [-0.39, 0.29) is 35.5 Å². The largest absolute Gasteiger partial charge is 0.394 e. The fourth-order valence-electron chi connectivity index (χ4n) is 6.25. The molecule has 4 rings (SSSR count). The molecule has 0 aromatic heterocycles. The van der Waals surface area contributed by atoms with Gasteiger partial charge < -0.3 is 20.6 Å². The highest BCUT2D eigenvalue weighted by Gasteiger charge is 2.74. The van der Waals surface area contributed by atoms with Gasteiger partial charge in [-0.2, -0.15) is 0 Å². The molecule has 9 heteroatoms. The van der Waals surface area contributed by atoms with E-state index < -0.39 is 28.7 Å². The zero-order valence-corrected chi connectivity index (χ0v) is 22.4. The first-order chi connectivity index (χ1) is 16.7. The Morgan fingerprint density at radius 1 is 1.31 bits per heavy atom. The number of nitrogens with zero attached hydrogens (tertiary/aromatic N) is 1. The van der Waals surface area contributed by atoms with Gasteiger partial charge in [0.25, 0.3) is 0 Å². The van der Waals surface area contributed by atoms with Crippen molar-refractivity contribution < 1.29 is 19.5 Å². The van der Waals surface area contributed by atoms with Crippen molar-refractivity contribution in [3.63, 3.8) is 0 Å². The molecule has 0 radical (unpaired) electrons. The summed E-state index contributed by atoms with van der Waals surface area (Å²) < 4.78 is -0.695. The first-order valence-electron chi connectivity index (χ1n) is 12.6. The van der Waals surface area contributed by atoms with Gasteiger partial charge in [-0.15, -0.1) is 11.8 Å². The van der Waals surface area contributed by atoms with Crippen LogP contribution in [-0.2, 0) is 14.4 Å². The maximum atomic E-state index is 14.1. The predicted octanol–water partition coefficient (Wildman–Crippen LogP) is 3.61. The molecule has 2 unspecified atom stereocenters. The molecule has 3 fully saturated rings. The third-order valence-electron chi connectivity index (χ3n) is 7.66. The number of rotatable bonds is 9. The van der Waals surface area contributed by atoms with Crippen LogP contribution in [-0.4, -0.2) is 63.0 Å². The van der Waals surface area contributed by atoms with Crippen molar-refractivity contribution in [3.8, 4) is 0 Å². The fourth-order valence-corrected chi connectivity index (χ4v) is 8.73. The van der Waals surface area contributed by atoms with Crippen LogP contribution in [0.25, 0.3) is 0 Å². The standard InChI is InChI=1S/C26H36ClN3O4S/c1-5-11-28-23(32)19-18-9-10-26(35-18)20(19)25(34)30(16(13-31)12-14(2)3)22(26)24(33)29-21-15(4)7-6-8-17(21)27/h6-8,14,16,18-20,22,31H,5,9-13H2,1-4H3,(H,28,32)(H,29,33)/t16-,18+,19-,20+,22?,26?/m1/s1. The number of aliphatic hydroxyl groups excluding tert-OH is 1. The van der Waals surface area contributed by atoms with Gasteiger partial charge in [0.15, 0.2) is 0 Å². The molecular weight excluding hydrogens is 486 g/mol. The number of amides is 3. The molecule has 1 aromatic carbocycles. The minimum absolute atomic E-state index is 0.0120. The summed E-state index contributed by atoms with van der Waals surface area (Å²) in [4.78, 5) is 42.9. The number of nitrogens with one attached hydrogen (secondary N) is 2. The second-order valence-electron chi connectivity index (χ2n) is 10.5. The van der Waals surface area contributed by atoms with Gasteiger partial charge >= 0.3 is 0 Å². The first kappa shape index (κ1) is 26.3. The van der Waals surface area contributed by atoms with Gasteiger partial charge in [-0.1, -0.05) is 44.5 Å². The van der Waals surface area contributed by atoms with Crippen LogP contribution < -0.4 is 10.6 Å². The highest BCUT2D eigenvalue weighted by Crippen LogP contribution is 2.66. The summed E-state index contributed by atoms with van der Waals surface area (Å²) in [5.41, 5.74) is 1.36. The van der Waals surface area contributed by atoms with Crippen LogP contribution >= 0.6 is 23.4 Å². The molecule has 1 aromatic rings. The maximum Gasteiger partial charge on any atom is 0.248 e. The normalized spacial score (nSPS) is 30.0. The summed E-state index contributed by atoms with van der Waals surface area (Å²) in [6.45, 7) is 8.26. The molecule has 7 nitrogen and oxygen atoms in total. The number of aryl methyl sites for hydroxylation is 1. The third kappa shape index (κ3) is 4.46. The number of benzene rings is 1. The monoisotopic (exact) mass is 521 g/mol. The Morgan fingerprint density at radius 3 is 2.69 bits per heavy atom. The van der Waals surface area contributed by atoms with E-state index in [1.54, 1.807) is 22.7 Å². The summed E-state index contributed by atoms with van der Waals surface area (Å²) in [6, 6.07) is 4.14. The van der Waals surface area contributed by atoms with Crippen LogP contribution in [0.4, 0.5) is 5.69 Å². The second-order valence-corrected chi connectivity index (χ2v) is 12.5. The molecule has 35 heavy (non-hydrogen) atoms. The molecule has 3 N–H and O–H groups in total. The van der Waals surface area contributed by atoms with E-state index in [4.69, 9.17) is 11.6 Å². The number of hydrogen-bond acceptors (Lipinski definition) is 5. The third-order valence-corrected chi connectivity index (χ3v) is 9.92. The Labute approximate surface area is 216 Å². The average molecular weight is 522 g/mol. The van der Waals surface area contributed by atoms with E-state index in [0.29, 0.717) is 30.1 Å². The van der Waals surface area contributed by atoms with Gasteiger partial charge in [-0.3, -0.25) is 14.4 Å². The molecule has 3 aliphatic rings. The molecule has 0 aliphatic carbocycles. The number of para-hydroxylation sites is 1. The molecular formula is C26H36ClN3O4S. The zero-order chi connectivity index (χ0) is 25.5. The smallest absolute Gasteiger partial charge is 0.248 e. The summed E-state index contributed by atoms with van der Waals surface area (Å²) in [7, 11) is 0.